The van der Waals surface area contributed by atoms with Gasteiger partial charge in [-0.25, -0.2) is 0 Å². The molecule has 0 fully saturated rings. The third-order valence-electron chi connectivity index (χ3n) is 2.59. The lowest BCUT2D eigenvalue weighted by Crippen LogP contribution is -2.06. The molecule has 86 valence electrons. The molecule has 0 heterocycles. The lowest BCUT2D eigenvalue weighted by molar-refractivity contribution is 0.281. The number of hydrogen-bond acceptors (Lipinski definition) is 3. The summed E-state index contributed by atoms with van der Waals surface area (Å²) in [6.07, 6.45) is 0. The molecule has 3 heteroatoms. The summed E-state index contributed by atoms with van der Waals surface area (Å²) < 4.78 is 0. The van der Waals surface area contributed by atoms with Gasteiger partial charge in [0.25, 0.3) is 0 Å². The Morgan fingerprint density at radius 2 is 1.59 bits per heavy atom. The van der Waals surface area contributed by atoms with E-state index in [1.807, 2.05) is 54.6 Å². The van der Waals surface area contributed by atoms with Gasteiger partial charge in [0, 0.05) is 11.1 Å². The molecule has 0 aliphatic heterocycles. The van der Waals surface area contributed by atoms with Crippen LogP contribution in [-0.2, 0) is 6.61 Å². The number of nitrogens with zero attached hydrogens (tertiary/aromatic N) is 1. The standard InChI is InChI=1S/C14H13NO2/c16-10-12-8-4-5-9-13(12)14(15-17)11-6-2-1-3-7-11/h1-9,16-17H,10H2. The first kappa shape index (κ1) is 11.4. The molecular weight excluding hydrogens is 214 g/mol. The number of hydrogen-bond donors (Lipinski definition) is 2. The molecule has 2 N–H and O–H groups in total. The Morgan fingerprint density at radius 3 is 2.24 bits per heavy atom. The highest BCUT2D eigenvalue weighted by Crippen LogP contribution is 2.15. The average Bonchev–Trinajstić information content (AvgIpc) is 2.41. The molecular formula is C14H13NO2. The van der Waals surface area contributed by atoms with Crippen LogP contribution >= 0.6 is 0 Å². The van der Waals surface area contributed by atoms with E-state index in [4.69, 9.17) is 5.21 Å². The second-order valence-corrected chi connectivity index (χ2v) is 3.63. The molecule has 0 saturated carbocycles. The summed E-state index contributed by atoms with van der Waals surface area (Å²) >= 11 is 0. The zero-order chi connectivity index (χ0) is 12.1. The van der Waals surface area contributed by atoms with E-state index in [1.165, 1.54) is 0 Å². The molecule has 0 spiro atoms. The molecule has 2 rings (SSSR count). The van der Waals surface area contributed by atoms with E-state index in [-0.39, 0.29) is 6.61 Å². The highest BCUT2D eigenvalue weighted by Gasteiger charge is 2.10. The van der Waals surface area contributed by atoms with E-state index in [0.29, 0.717) is 5.71 Å². The predicted octanol–water partition coefficient (Wildman–Crippen LogP) is 2.41. The number of benzene rings is 2. The Morgan fingerprint density at radius 1 is 0.941 bits per heavy atom. The fourth-order valence-corrected chi connectivity index (χ4v) is 1.75. The predicted molar refractivity (Wildman–Crippen MR) is 66.2 cm³/mol. The number of oxime groups is 1. The van der Waals surface area contributed by atoms with Crippen LogP contribution in [0.25, 0.3) is 0 Å². The molecule has 3 nitrogen and oxygen atoms in total. The smallest absolute Gasteiger partial charge is 0.117 e. The normalized spacial score (nSPS) is 11.5. The quantitative estimate of drug-likeness (QED) is 0.480. The van der Waals surface area contributed by atoms with E-state index < -0.39 is 0 Å². The van der Waals surface area contributed by atoms with Gasteiger partial charge in [0.1, 0.15) is 5.71 Å². The molecule has 17 heavy (non-hydrogen) atoms. The molecule has 0 aromatic heterocycles. The van der Waals surface area contributed by atoms with Crippen LogP contribution in [0.3, 0.4) is 0 Å². The first-order chi connectivity index (χ1) is 8.36. The van der Waals surface area contributed by atoms with Crippen LogP contribution in [0.1, 0.15) is 16.7 Å². The fraction of sp³-hybridized carbons (Fsp3) is 0.0714. The van der Waals surface area contributed by atoms with E-state index in [0.717, 1.165) is 16.7 Å². The molecule has 0 unspecified atom stereocenters. The van der Waals surface area contributed by atoms with Crippen molar-refractivity contribution >= 4 is 5.71 Å². The largest absolute Gasteiger partial charge is 0.410 e. The van der Waals surface area contributed by atoms with Gasteiger partial charge in [-0.1, -0.05) is 59.8 Å². The summed E-state index contributed by atoms with van der Waals surface area (Å²) in [5, 5.41) is 21.8. The van der Waals surface area contributed by atoms with Crippen molar-refractivity contribution < 1.29 is 10.3 Å². The van der Waals surface area contributed by atoms with Crippen molar-refractivity contribution in [2.75, 3.05) is 0 Å². The summed E-state index contributed by atoms with van der Waals surface area (Å²) in [6, 6.07) is 16.7. The van der Waals surface area contributed by atoms with Crippen LogP contribution in [0.5, 0.6) is 0 Å². The van der Waals surface area contributed by atoms with Gasteiger partial charge in [0.2, 0.25) is 0 Å². The Kier molecular flexibility index (Phi) is 3.52. The monoisotopic (exact) mass is 227 g/mol. The fourth-order valence-electron chi connectivity index (χ4n) is 1.75. The maximum Gasteiger partial charge on any atom is 0.117 e. The summed E-state index contributed by atoms with van der Waals surface area (Å²) in [7, 11) is 0. The first-order valence-corrected chi connectivity index (χ1v) is 5.33. The molecule has 0 atom stereocenters. The highest BCUT2D eigenvalue weighted by molar-refractivity contribution is 6.13. The minimum absolute atomic E-state index is 0.0813. The topological polar surface area (TPSA) is 52.8 Å². The summed E-state index contributed by atoms with van der Waals surface area (Å²) in [4.78, 5) is 0. The van der Waals surface area contributed by atoms with Gasteiger partial charge in [0.15, 0.2) is 0 Å². The Labute approximate surface area is 99.7 Å². The van der Waals surface area contributed by atoms with Crippen LogP contribution in [0, 0.1) is 0 Å². The summed E-state index contributed by atoms with van der Waals surface area (Å²) in [6.45, 7) is -0.0813. The Balaban J connectivity index is 2.51. The number of aliphatic hydroxyl groups excluding tert-OH is 1. The van der Waals surface area contributed by atoms with Gasteiger partial charge in [-0.3, -0.25) is 0 Å². The van der Waals surface area contributed by atoms with E-state index in [2.05, 4.69) is 5.16 Å². The second-order valence-electron chi connectivity index (χ2n) is 3.63. The van der Waals surface area contributed by atoms with Crippen molar-refractivity contribution in [3.8, 4) is 0 Å². The average molecular weight is 227 g/mol. The van der Waals surface area contributed by atoms with Gasteiger partial charge in [-0.15, -0.1) is 0 Å². The van der Waals surface area contributed by atoms with Crippen molar-refractivity contribution in [1.29, 1.82) is 0 Å². The SMILES string of the molecule is OCc1ccccc1C(=NO)c1ccccc1. The van der Waals surface area contributed by atoms with Gasteiger partial charge in [0.05, 0.1) is 6.61 Å². The summed E-state index contributed by atoms with van der Waals surface area (Å²) in [5.74, 6) is 0. The minimum atomic E-state index is -0.0813. The lowest BCUT2D eigenvalue weighted by atomic mass is 9.98. The molecule has 0 aliphatic rings. The molecule has 0 saturated heterocycles. The minimum Gasteiger partial charge on any atom is -0.410 e. The third kappa shape index (κ3) is 2.34. The van der Waals surface area contributed by atoms with E-state index >= 15 is 0 Å². The zero-order valence-electron chi connectivity index (χ0n) is 9.24. The molecule has 2 aromatic carbocycles. The molecule has 2 aromatic rings. The van der Waals surface area contributed by atoms with Crippen LogP contribution < -0.4 is 0 Å². The zero-order valence-corrected chi connectivity index (χ0v) is 9.24. The third-order valence-corrected chi connectivity index (χ3v) is 2.59. The van der Waals surface area contributed by atoms with Crippen LogP contribution in [0.2, 0.25) is 0 Å². The Bertz CT molecular complexity index is 521. The van der Waals surface area contributed by atoms with Crippen molar-refractivity contribution in [3.63, 3.8) is 0 Å². The highest BCUT2D eigenvalue weighted by atomic mass is 16.4. The van der Waals surface area contributed by atoms with Gasteiger partial charge in [-0.05, 0) is 5.56 Å². The number of rotatable bonds is 3. The maximum absolute atomic E-state index is 9.27. The van der Waals surface area contributed by atoms with E-state index in [9.17, 15) is 5.11 Å². The molecule has 0 radical (unpaired) electrons. The first-order valence-electron chi connectivity index (χ1n) is 5.33. The molecule has 0 bridgehead atoms. The molecule has 0 aliphatic carbocycles. The van der Waals surface area contributed by atoms with Crippen LogP contribution in [-0.4, -0.2) is 16.0 Å². The van der Waals surface area contributed by atoms with Crippen LogP contribution in [0.15, 0.2) is 59.8 Å². The van der Waals surface area contributed by atoms with Crippen LogP contribution in [0.4, 0.5) is 0 Å². The van der Waals surface area contributed by atoms with Crippen molar-refractivity contribution in [2.24, 2.45) is 5.16 Å². The van der Waals surface area contributed by atoms with Crippen molar-refractivity contribution in [1.82, 2.24) is 0 Å². The maximum atomic E-state index is 9.27. The lowest BCUT2D eigenvalue weighted by Gasteiger charge is -2.08. The van der Waals surface area contributed by atoms with Crippen molar-refractivity contribution in [3.05, 3.63) is 71.3 Å². The van der Waals surface area contributed by atoms with Gasteiger partial charge in [-0.2, -0.15) is 0 Å². The molecule has 0 amide bonds. The van der Waals surface area contributed by atoms with E-state index in [1.54, 1.807) is 0 Å². The summed E-state index contributed by atoms with van der Waals surface area (Å²) in [5.41, 5.74) is 2.76. The van der Waals surface area contributed by atoms with Crippen molar-refractivity contribution in [2.45, 2.75) is 6.61 Å². The van der Waals surface area contributed by atoms with Gasteiger partial charge < -0.3 is 10.3 Å². The number of aliphatic hydroxyl groups is 1. The van der Waals surface area contributed by atoms with Gasteiger partial charge >= 0.3 is 0 Å². The Hall–Kier alpha value is -2.13. The second kappa shape index (κ2) is 5.27.